The highest BCUT2D eigenvalue weighted by atomic mass is 35.5. The van der Waals surface area contributed by atoms with Gasteiger partial charge in [0.1, 0.15) is 24.2 Å². The molecular formula is C28H30ClF2N3O4S. The number of carbonyl (C=O) groups excluding carboxylic acids is 2. The van der Waals surface area contributed by atoms with E-state index in [1.165, 1.54) is 66.4 Å². The van der Waals surface area contributed by atoms with Gasteiger partial charge in [-0.1, -0.05) is 48.9 Å². The van der Waals surface area contributed by atoms with Crippen molar-refractivity contribution in [1.29, 1.82) is 0 Å². The topological polar surface area (TPSA) is 86.8 Å². The van der Waals surface area contributed by atoms with Crippen LogP contribution in [-0.4, -0.2) is 43.8 Å². The van der Waals surface area contributed by atoms with Crippen molar-refractivity contribution in [2.24, 2.45) is 0 Å². The van der Waals surface area contributed by atoms with Crippen LogP contribution in [-0.2, 0) is 26.2 Å². The molecule has 208 valence electrons. The van der Waals surface area contributed by atoms with Crippen molar-refractivity contribution in [2.45, 2.75) is 50.7 Å². The maximum atomic E-state index is 13.9. The lowest BCUT2D eigenvalue weighted by Crippen LogP contribution is -2.52. The average molecular weight is 578 g/mol. The quantitative estimate of drug-likeness (QED) is 0.342. The Labute approximate surface area is 232 Å². The zero-order valence-corrected chi connectivity index (χ0v) is 23.3. The molecule has 0 fully saturated rings. The molecule has 11 heteroatoms. The smallest absolute Gasteiger partial charge is 0.264 e. The number of hydrogen-bond acceptors (Lipinski definition) is 4. The normalized spacial score (nSPS) is 12.9. The molecule has 0 saturated heterocycles. The Hall–Kier alpha value is -3.50. The molecule has 2 atom stereocenters. The monoisotopic (exact) mass is 577 g/mol. The van der Waals surface area contributed by atoms with Crippen molar-refractivity contribution < 1.29 is 26.8 Å². The van der Waals surface area contributed by atoms with E-state index in [1.807, 2.05) is 13.8 Å². The molecule has 1 N–H and O–H groups in total. The molecule has 39 heavy (non-hydrogen) atoms. The number of rotatable bonds is 11. The first-order valence-electron chi connectivity index (χ1n) is 12.3. The fraction of sp³-hybridized carbons (Fsp3) is 0.286. The molecule has 0 aliphatic carbocycles. The van der Waals surface area contributed by atoms with Gasteiger partial charge in [-0.25, -0.2) is 17.2 Å². The second-order valence-corrected chi connectivity index (χ2v) is 11.3. The third-order valence-corrected chi connectivity index (χ3v) is 8.31. The first-order chi connectivity index (χ1) is 18.4. The minimum atomic E-state index is -4.31. The molecular weight excluding hydrogens is 548 g/mol. The molecule has 0 spiro atoms. The van der Waals surface area contributed by atoms with Gasteiger partial charge >= 0.3 is 0 Å². The van der Waals surface area contributed by atoms with Gasteiger partial charge in [0.25, 0.3) is 10.0 Å². The van der Waals surface area contributed by atoms with Gasteiger partial charge in [-0.3, -0.25) is 13.9 Å². The molecule has 0 saturated carbocycles. The summed E-state index contributed by atoms with van der Waals surface area (Å²) >= 11 is 5.95. The van der Waals surface area contributed by atoms with Crippen molar-refractivity contribution in [3.63, 3.8) is 0 Å². The third kappa shape index (κ3) is 7.54. The lowest BCUT2D eigenvalue weighted by molar-refractivity contribution is -0.139. The van der Waals surface area contributed by atoms with Crippen LogP contribution in [0.3, 0.4) is 0 Å². The number of nitrogens with one attached hydrogen (secondary N) is 1. The summed E-state index contributed by atoms with van der Waals surface area (Å²) in [6.45, 7) is 4.46. The van der Waals surface area contributed by atoms with Gasteiger partial charge in [0.05, 0.1) is 15.6 Å². The van der Waals surface area contributed by atoms with E-state index in [4.69, 9.17) is 11.6 Å². The minimum absolute atomic E-state index is 0.0305. The minimum Gasteiger partial charge on any atom is -0.352 e. The standard InChI is InChI=1S/C28H30ClF2N3O4S/c1-4-19(2)32-28(36)20(3)33(17-21-10-12-22(30)13-11-21)27(35)18-34(23-14-15-26(31)25(29)16-23)39(37,38)24-8-6-5-7-9-24/h5-16,19-20H,4,17-18H2,1-3H3,(H,32,36)/t19-,20-/m1/s1. The number of halogens is 3. The number of nitrogens with zero attached hydrogens (tertiary/aromatic N) is 2. The fourth-order valence-corrected chi connectivity index (χ4v) is 5.33. The molecule has 0 aliphatic heterocycles. The number of anilines is 1. The average Bonchev–Trinajstić information content (AvgIpc) is 2.92. The molecule has 0 heterocycles. The maximum Gasteiger partial charge on any atom is 0.264 e. The highest BCUT2D eigenvalue weighted by Gasteiger charge is 2.33. The van der Waals surface area contributed by atoms with Crippen LogP contribution in [0.2, 0.25) is 5.02 Å². The summed E-state index contributed by atoms with van der Waals surface area (Å²) in [5.74, 6) is -2.35. The van der Waals surface area contributed by atoms with Crippen LogP contribution in [0.4, 0.5) is 14.5 Å². The molecule has 0 bridgehead atoms. The summed E-state index contributed by atoms with van der Waals surface area (Å²) < 4.78 is 55.6. The molecule has 0 radical (unpaired) electrons. The summed E-state index contributed by atoms with van der Waals surface area (Å²) in [5.41, 5.74) is 0.507. The first kappa shape index (κ1) is 30.0. The van der Waals surface area contributed by atoms with Crippen LogP contribution in [0, 0.1) is 11.6 Å². The van der Waals surface area contributed by atoms with Gasteiger partial charge in [0.2, 0.25) is 11.8 Å². The van der Waals surface area contributed by atoms with E-state index in [0.29, 0.717) is 12.0 Å². The second kappa shape index (κ2) is 13.0. The van der Waals surface area contributed by atoms with Crippen LogP contribution in [0.1, 0.15) is 32.8 Å². The highest BCUT2D eigenvalue weighted by Crippen LogP contribution is 2.28. The number of amides is 2. The van der Waals surface area contributed by atoms with Crippen molar-refractivity contribution in [3.05, 3.63) is 95.0 Å². The Morgan fingerprint density at radius 3 is 2.21 bits per heavy atom. The Bertz CT molecular complexity index is 1410. The molecule has 0 unspecified atom stereocenters. The summed E-state index contributed by atoms with van der Waals surface area (Å²) in [6, 6.07) is 15.1. The molecule has 3 aromatic rings. The zero-order valence-electron chi connectivity index (χ0n) is 21.8. The lowest BCUT2D eigenvalue weighted by Gasteiger charge is -2.32. The fourth-order valence-electron chi connectivity index (χ4n) is 3.72. The van der Waals surface area contributed by atoms with Crippen LogP contribution in [0.5, 0.6) is 0 Å². The van der Waals surface area contributed by atoms with Crippen LogP contribution in [0.15, 0.2) is 77.7 Å². The first-order valence-corrected chi connectivity index (χ1v) is 14.1. The van der Waals surface area contributed by atoms with Gasteiger partial charge in [0.15, 0.2) is 0 Å². The Morgan fingerprint density at radius 1 is 0.974 bits per heavy atom. The molecule has 2 amide bonds. The van der Waals surface area contributed by atoms with Crippen molar-refractivity contribution in [1.82, 2.24) is 10.2 Å². The van der Waals surface area contributed by atoms with Gasteiger partial charge < -0.3 is 10.2 Å². The summed E-state index contributed by atoms with van der Waals surface area (Å²) in [4.78, 5) is 27.9. The van der Waals surface area contributed by atoms with Crippen LogP contribution >= 0.6 is 11.6 Å². The van der Waals surface area contributed by atoms with Gasteiger partial charge in [-0.05, 0) is 68.3 Å². The predicted molar refractivity (Wildman–Crippen MR) is 147 cm³/mol. The Kier molecular flexibility index (Phi) is 10.0. The molecule has 0 aliphatic rings. The maximum absolute atomic E-state index is 13.9. The molecule has 3 aromatic carbocycles. The SMILES string of the molecule is CC[C@@H](C)NC(=O)[C@@H](C)N(Cc1ccc(F)cc1)C(=O)CN(c1ccc(F)c(Cl)c1)S(=O)(=O)c1ccccc1. The van der Waals surface area contributed by atoms with Gasteiger partial charge in [-0.2, -0.15) is 0 Å². The van der Waals surface area contributed by atoms with Crippen molar-refractivity contribution in [2.75, 3.05) is 10.8 Å². The molecule has 7 nitrogen and oxygen atoms in total. The van der Waals surface area contributed by atoms with E-state index >= 15 is 0 Å². The number of sulfonamides is 1. The summed E-state index contributed by atoms with van der Waals surface area (Å²) in [6.07, 6.45) is 0.665. The highest BCUT2D eigenvalue weighted by molar-refractivity contribution is 7.92. The number of hydrogen-bond donors (Lipinski definition) is 1. The van der Waals surface area contributed by atoms with Crippen LogP contribution in [0.25, 0.3) is 0 Å². The van der Waals surface area contributed by atoms with E-state index < -0.39 is 46.1 Å². The van der Waals surface area contributed by atoms with E-state index in [2.05, 4.69) is 5.32 Å². The number of benzene rings is 3. The Balaban J connectivity index is 2.03. The van der Waals surface area contributed by atoms with Gasteiger partial charge in [0, 0.05) is 12.6 Å². The Morgan fingerprint density at radius 2 is 1.62 bits per heavy atom. The largest absolute Gasteiger partial charge is 0.352 e. The zero-order chi connectivity index (χ0) is 28.7. The summed E-state index contributed by atoms with van der Waals surface area (Å²) in [7, 11) is -4.31. The molecule has 0 aromatic heterocycles. The van der Waals surface area contributed by atoms with E-state index in [-0.39, 0.29) is 28.2 Å². The summed E-state index contributed by atoms with van der Waals surface area (Å²) in [5, 5.41) is 2.51. The number of carbonyl (C=O) groups is 2. The van der Waals surface area contributed by atoms with Crippen LogP contribution < -0.4 is 9.62 Å². The van der Waals surface area contributed by atoms with E-state index in [1.54, 1.807) is 6.07 Å². The molecule has 3 rings (SSSR count). The van der Waals surface area contributed by atoms with E-state index in [0.717, 1.165) is 16.4 Å². The van der Waals surface area contributed by atoms with Crippen molar-refractivity contribution >= 4 is 39.1 Å². The van der Waals surface area contributed by atoms with Crippen molar-refractivity contribution in [3.8, 4) is 0 Å². The second-order valence-electron chi connectivity index (χ2n) is 9.07. The van der Waals surface area contributed by atoms with Gasteiger partial charge in [-0.15, -0.1) is 0 Å². The van der Waals surface area contributed by atoms with E-state index in [9.17, 15) is 26.8 Å². The lowest BCUT2D eigenvalue weighted by atomic mass is 10.1. The third-order valence-electron chi connectivity index (χ3n) is 6.24. The predicted octanol–water partition coefficient (Wildman–Crippen LogP) is 5.15.